The number of nitrogens with one attached hydrogen (secondary N) is 2. The Labute approximate surface area is 158 Å². The molecule has 1 unspecified atom stereocenters. The zero-order valence-electron chi connectivity index (χ0n) is 16.1. The van der Waals surface area contributed by atoms with Crippen molar-refractivity contribution in [2.45, 2.75) is 70.7 Å². The number of epoxide rings is 1. The van der Waals surface area contributed by atoms with E-state index in [1.54, 1.807) is 0 Å². The second kappa shape index (κ2) is 9.16. The molecule has 0 aromatic carbocycles. The fraction of sp³-hybridized carbons (Fsp3) is 0.778. The van der Waals surface area contributed by atoms with Crippen LogP contribution in [0.4, 0.5) is 0 Å². The molecule has 0 spiro atoms. The van der Waals surface area contributed by atoms with Gasteiger partial charge in [0.1, 0.15) is 12.1 Å². The third-order valence-corrected chi connectivity index (χ3v) is 5.16. The molecule has 2 saturated heterocycles. The molecule has 27 heavy (non-hydrogen) atoms. The Morgan fingerprint density at radius 3 is 2.44 bits per heavy atom. The molecule has 0 saturated carbocycles. The zero-order valence-corrected chi connectivity index (χ0v) is 16.1. The van der Waals surface area contributed by atoms with Gasteiger partial charge in [0.2, 0.25) is 5.91 Å². The molecule has 5 atom stereocenters. The number of amides is 3. The van der Waals surface area contributed by atoms with Crippen molar-refractivity contribution in [3.63, 3.8) is 0 Å². The SMILES string of the molecule is CCCNC(=O)[C@H]1O[C@@H]1C(=O)NC(C(=O)N1CCC[C@H]1C(=O)O)[C@@H](C)CC. The lowest BCUT2D eigenvalue weighted by atomic mass is 9.97. The lowest BCUT2D eigenvalue weighted by Crippen LogP contribution is -2.55. The van der Waals surface area contributed by atoms with Crippen molar-refractivity contribution in [3.05, 3.63) is 0 Å². The van der Waals surface area contributed by atoms with Crippen LogP contribution >= 0.6 is 0 Å². The molecule has 2 fully saturated rings. The van der Waals surface area contributed by atoms with E-state index in [-0.39, 0.29) is 11.8 Å². The summed E-state index contributed by atoms with van der Waals surface area (Å²) in [7, 11) is 0. The highest BCUT2D eigenvalue weighted by atomic mass is 16.6. The number of carbonyl (C=O) groups is 4. The second-order valence-corrected chi connectivity index (χ2v) is 7.17. The van der Waals surface area contributed by atoms with Crippen LogP contribution in [0, 0.1) is 5.92 Å². The van der Waals surface area contributed by atoms with Crippen molar-refractivity contribution < 1.29 is 29.0 Å². The van der Waals surface area contributed by atoms with Crippen molar-refractivity contribution >= 4 is 23.7 Å². The van der Waals surface area contributed by atoms with Gasteiger partial charge in [0.15, 0.2) is 12.2 Å². The van der Waals surface area contributed by atoms with Crippen LogP contribution in [0.5, 0.6) is 0 Å². The van der Waals surface area contributed by atoms with Crippen LogP contribution in [0.15, 0.2) is 0 Å². The predicted molar refractivity (Wildman–Crippen MR) is 95.7 cm³/mol. The van der Waals surface area contributed by atoms with Crippen LogP contribution in [-0.4, -0.2) is 71.1 Å². The van der Waals surface area contributed by atoms with E-state index >= 15 is 0 Å². The summed E-state index contributed by atoms with van der Waals surface area (Å²) in [4.78, 5) is 49.9. The molecule has 3 N–H and O–H groups in total. The fourth-order valence-electron chi connectivity index (χ4n) is 3.24. The molecular weight excluding hydrogens is 354 g/mol. The number of rotatable bonds is 9. The minimum atomic E-state index is -1.03. The van der Waals surface area contributed by atoms with Gasteiger partial charge in [-0.05, 0) is 25.2 Å². The summed E-state index contributed by atoms with van der Waals surface area (Å²) in [5.41, 5.74) is 0. The van der Waals surface area contributed by atoms with Gasteiger partial charge in [-0.1, -0.05) is 27.2 Å². The molecule has 0 aromatic heterocycles. The minimum absolute atomic E-state index is 0.178. The van der Waals surface area contributed by atoms with Crippen molar-refractivity contribution in [1.82, 2.24) is 15.5 Å². The Morgan fingerprint density at radius 1 is 1.19 bits per heavy atom. The maximum Gasteiger partial charge on any atom is 0.326 e. The van der Waals surface area contributed by atoms with E-state index in [4.69, 9.17) is 4.74 Å². The third kappa shape index (κ3) is 4.97. The molecule has 3 amide bonds. The van der Waals surface area contributed by atoms with E-state index in [9.17, 15) is 24.3 Å². The number of nitrogens with zero attached hydrogens (tertiary/aromatic N) is 1. The van der Waals surface area contributed by atoms with Gasteiger partial charge in [0, 0.05) is 13.1 Å². The predicted octanol–water partition coefficient (Wildman–Crippen LogP) is -0.113. The van der Waals surface area contributed by atoms with Gasteiger partial charge < -0.3 is 25.4 Å². The standard InChI is InChI=1S/C18H29N3O6/c1-4-8-19-15(22)13-14(27-13)16(23)20-12(10(3)5-2)17(24)21-9-6-7-11(21)18(25)26/h10-14H,4-9H2,1-3H3,(H,19,22)(H,20,23)(H,25,26)/t10-,11-,12?,13-,14-/m0/s1. The summed E-state index contributed by atoms with van der Waals surface area (Å²) in [6.45, 7) is 6.51. The summed E-state index contributed by atoms with van der Waals surface area (Å²) in [5, 5.41) is 14.7. The van der Waals surface area contributed by atoms with E-state index in [2.05, 4.69) is 10.6 Å². The quantitative estimate of drug-likeness (QED) is 0.477. The normalized spacial score (nSPS) is 26.2. The van der Waals surface area contributed by atoms with Crippen LogP contribution in [-0.2, 0) is 23.9 Å². The molecule has 0 aliphatic carbocycles. The average molecular weight is 383 g/mol. The molecule has 152 valence electrons. The van der Waals surface area contributed by atoms with Gasteiger partial charge >= 0.3 is 5.97 Å². The molecular formula is C18H29N3O6. The number of carboxylic acid groups (broad SMARTS) is 1. The topological polar surface area (TPSA) is 128 Å². The Bertz CT molecular complexity index is 596. The summed E-state index contributed by atoms with van der Waals surface area (Å²) < 4.78 is 5.17. The lowest BCUT2D eigenvalue weighted by molar-refractivity contribution is -0.150. The molecule has 9 heteroatoms. The summed E-state index contributed by atoms with van der Waals surface area (Å²) in [5.74, 6) is -2.46. The second-order valence-electron chi connectivity index (χ2n) is 7.17. The van der Waals surface area contributed by atoms with Gasteiger partial charge in [-0.15, -0.1) is 0 Å². The van der Waals surface area contributed by atoms with Gasteiger partial charge in [-0.25, -0.2) is 4.79 Å². The highest BCUT2D eigenvalue weighted by Crippen LogP contribution is 2.25. The number of carbonyl (C=O) groups excluding carboxylic acids is 3. The van der Waals surface area contributed by atoms with Crippen LogP contribution in [0.3, 0.4) is 0 Å². The van der Waals surface area contributed by atoms with E-state index in [0.717, 1.165) is 6.42 Å². The Morgan fingerprint density at radius 2 is 1.85 bits per heavy atom. The number of hydrogen-bond acceptors (Lipinski definition) is 5. The summed E-state index contributed by atoms with van der Waals surface area (Å²) in [6.07, 6.45) is 0.704. The van der Waals surface area contributed by atoms with Crippen LogP contribution in [0.2, 0.25) is 0 Å². The van der Waals surface area contributed by atoms with E-state index < -0.39 is 42.1 Å². The third-order valence-electron chi connectivity index (χ3n) is 5.16. The highest BCUT2D eigenvalue weighted by Gasteiger charge is 2.51. The minimum Gasteiger partial charge on any atom is -0.480 e. The fourth-order valence-corrected chi connectivity index (χ4v) is 3.24. The van der Waals surface area contributed by atoms with E-state index in [1.165, 1.54) is 4.90 Å². The first kappa shape index (κ1) is 21.1. The van der Waals surface area contributed by atoms with Crippen molar-refractivity contribution in [2.24, 2.45) is 5.92 Å². The molecule has 2 heterocycles. The van der Waals surface area contributed by atoms with Gasteiger partial charge in [0.05, 0.1) is 0 Å². The maximum atomic E-state index is 12.9. The monoisotopic (exact) mass is 383 g/mol. The molecule has 2 rings (SSSR count). The molecule has 0 bridgehead atoms. The largest absolute Gasteiger partial charge is 0.480 e. The Balaban J connectivity index is 2.01. The molecule has 9 nitrogen and oxygen atoms in total. The number of hydrogen-bond donors (Lipinski definition) is 3. The van der Waals surface area contributed by atoms with Gasteiger partial charge in [-0.3, -0.25) is 14.4 Å². The van der Waals surface area contributed by atoms with Crippen molar-refractivity contribution in [3.8, 4) is 0 Å². The number of likely N-dealkylation sites (tertiary alicyclic amines) is 1. The molecule has 0 radical (unpaired) electrons. The summed E-state index contributed by atoms with van der Waals surface area (Å²) >= 11 is 0. The Kier molecular flexibility index (Phi) is 7.18. The van der Waals surface area contributed by atoms with Crippen molar-refractivity contribution in [2.75, 3.05) is 13.1 Å². The smallest absolute Gasteiger partial charge is 0.326 e. The van der Waals surface area contributed by atoms with E-state index in [1.807, 2.05) is 20.8 Å². The maximum absolute atomic E-state index is 12.9. The van der Waals surface area contributed by atoms with E-state index in [0.29, 0.717) is 32.4 Å². The van der Waals surface area contributed by atoms with Gasteiger partial charge in [-0.2, -0.15) is 0 Å². The highest BCUT2D eigenvalue weighted by molar-refractivity contribution is 5.97. The number of ether oxygens (including phenoxy) is 1. The summed E-state index contributed by atoms with van der Waals surface area (Å²) in [6, 6.07) is -1.70. The number of aliphatic carboxylic acids is 1. The molecule has 2 aliphatic rings. The average Bonchev–Trinajstić information content (AvgIpc) is 3.30. The first-order valence-corrected chi connectivity index (χ1v) is 9.58. The van der Waals surface area contributed by atoms with Crippen molar-refractivity contribution in [1.29, 1.82) is 0 Å². The van der Waals surface area contributed by atoms with Crippen LogP contribution < -0.4 is 10.6 Å². The number of carboxylic acids is 1. The first-order valence-electron chi connectivity index (χ1n) is 9.58. The van der Waals surface area contributed by atoms with Crippen LogP contribution in [0.1, 0.15) is 46.5 Å². The van der Waals surface area contributed by atoms with Crippen LogP contribution in [0.25, 0.3) is 0 Å². The lowest BCUT2D eigenvalue weighted by Gasteiger charge is -2.30. The first-order chi connectivity index (χ1) is 12.8. The zero-order chi connectivity index (χ0) is 20.1. The molecule has 0 aromatic rings. The molecule has 2 aliphatic heterocycles. The van der Waals surface area contributed by atoms with Gasteiger partial charge in [0.25, 0.3) is 11.8 Å². The Hall–Kier alpha value is -2.16.